The summed E-state index contributed by atoms with van der Waals surface area (Å²) in [5.74, 6) is -0.0225. The molecule has 2 aromatic rings. The van der Waals surface area contributed by atoms with Crippen molar-refractivity contribution >= 4 is 5.91 Å². The number of ether oxygens (including phenoxy) is 1. The topological polar surface area (TPSA) is 76.4 Å². The summed E-state index contributed by atoms with van der Waals surface area (Å²) in [5.41, 5.74) is 1.10. The summed E-state index contributed by atoms with van der Waals surface area (Å²) in [5, 5.41) is 12.8. The molecule has 1 atom stereocenters. The maximum absolute atomic E-state index is 12.2. The number of nitrogens with one attached hydrogen (secondary N) is 1. The predicted molar refractivity (Wildman–Crippen MR) is 78.1 cm³/mol. The van der Waals surface area contributed by atoms with Crippen molar-refractivity contribution in [2.45, 2.75) is 13.0 Å². The highest BCUT2D eigenvalue weighted by Crippen LogP contribution is 2.15. The number of pyridine rings is 1. The van der Waals surface area contributed by atoms with Crippen LogP contribution in [-0.2, 0) is 7.05 Å². The largest absolute Gasteiger partial charge is 0.477 e. The molecule has 21 heavy (non-hydrogen) atoms. The number of hydrogen-bond donors (Lipinski definition) is 2. The number of carbonyl (C=O) groups is 1. The van der Waals surface area contributed by atoms with Crippen molar-refractivity contribution in [3.63, 3.8) is 0 Å². The third kappa shape index (κ3) is 3.61. The van der Waals surface area contributed by atoms with Gasteiger partial charge in [0.15, 0.2) is 0 Å². The number of aliphatic hydroxyl groups is 1. The van der Waals surface area contributed by atoms with Crippen LogP contribution in [0, 0.1) is 0 Å². The fourth-order valence-corrected chi connectivity index (χ4v) is 2.03. The molecule has 0 spiro atoms. The molecule has 0 saturated heterocycles. The van der Waals surface area contributed by atoms with E-state index in [0.29, 0.717) is 18.1 Å². The van der Waals surface area contributed by atoms with Gasteiger partial charge in [0.25, 0.3) is 5.91 Å². The quantitative estimate of drug-likeness (QED) is 0.840. The molecule has 0 radical (unpaired) electrons. The first kappa shape index (κ1) is 15.1. The van der Waals surface area contributed by atoms with Crippen LogP contribution in [0.4, 0.5) is 0 Å². The molecule has 0 fully saturated rings. The lowest BCUT2D eigenvalue weighted by Gasteiger charge is -2.14. The molecule has 0 bridgehead atoms. The Bertz CT molecular complexity index is 610. The number of carbonyl (C=O) groups excluding carboxylic acids is 1. The predicted octanol–water partition coefficient (Wildman–Crippen LogP) is 1.28. The molecule has 0 aliphatic heterocycles. The first-order chi connectivity index (χ1) is 10.1. The maximum Gasteiger partial charge on any atom is 0.256 e. The number of aliphatic hydroxyl groups excluding tert-OH is 1. The van der Waals surface area contributed by atoms with Crippen LogP contribution in [0.15, 0.2) is 36.7 Å². The molecule has 2 N–H and O–H groups in total. The van der Waals surface area contributed by atoms with Gasteiger partial charge in [-0.3, -0.25) is 4.79 Å². The van der Waals surface area contributed by atoms with Crippen molar-refractivity contribution in [2.24, 2.45) is 7.05 Å². The molecule has 0 aliphatic carbocycles. The van der Waals surface area contributed by atoms with Crippen molar-refractivity contribution in [1.29, 1.82) is 0 Å². The number of nitrogens with zero attached hydrogens (tertiary/aromatic N) is 2. The summed E-state index contributed by atoms with van der Waals surface area (Å²) < 4.78 is 7.13. The Kier molecular flexibility index (Phi) is 4.94. The molecule has 1 amide bonds. The van der Waals surface area contributed by atoms with E-state index in [9.17, 15) is 9.90 Å². The SMILES string of the molecule is CCOc1ncccc1C(=O)NCC(O)c1cccn1C. The lowest BCUT2D eigenvalue weighted by Crippen LogP contribution is -2.29. The summed E-state index contributed by atoms with van der Waals surface area (Å²) in [6.45, 7) is 2.38. The molecule has 1 unspecified atom stereocenters. The lowest BCUT2D eigenvalue weighted by molar-refractivity contribution is 0.0907. The van der Waals surface area contributed by atoms with Crippen LogP contribution in [0.1, 0.15) is 29.1 Å². The van der Waals surface area contributed by atoms with E-state index in [-0.39, 0.29) is 12.5 Å². The summed E-state index contributed by atoms with van der Waals surface area (Å²) >= 11 is 0. The molecule has 2 rings (SSSR count). The van der Waals surface area contributed by atoms with Crippen LogP contribution < -0.4 is 10.1 Å². The average Bonchev–Trinajstić information content (AvgIpc) is 2.91. The third-order valence-corrected chi connectivity index (χ3v) is 3.08. The van der Waals surface area contributed by atoms with E-state index in [1.165, 1.54) is 0 Å². The minimum Gasteiger partial charge on any atom is -0.477 e. The normalized spacial score (nSPS) is 12.0. The van der Waals surface area contributed by atoms with Gasteiger partial charge >= 0.3 is 0 Å². The van der Waals surface area contributed by atoms with Gasteiger partial charge in [-0.1, -0.05) is 0 Å². The van der Waals surface area contributed by atoms with E-state index in [1.54, 1.807) is 18.3 Å². The van der Waals surface area contributed by atoms with Crippen molar-refractivity contribution in [2.75, 3.05) is 13.2 Å². The minimum absolute atomic E-state index is 0.122. The van der Waals surface area contributed by atoms with Crippen molar-refractivity contribution < 1.29 is 14.6 Å². The standard InChI is InChI=1S/C15H19N3O3/c1-3-21-15-11(6-4-8-16-15)14(20)17-10-13(19)12-7-5-9-18(12)2/h4-9,13,19H,3,10H2,1-2H3,(H,17,20). The van der Waals surface area contributed by atoms with Gasteiger partial charge in [0.2, 0.25) is 5.88 Å². The van der Waals surface area contributed by atoms with Gasteiger partial charge in [0, 0.05) is 31.7 Å². The second kappa shape index (κ2) is 6.90. The van der Waals surface area contributed by atoms with Crippen LogP contribution in [0.25, 0.3) is 0 Å². The van der Waals surface area contributed by atoms with Crippen LogP contribution in [0.5, 0.6) is 5.88 Å². The second-order valence-electron chi connectivity index (χ2n) is 4.56. The molecule has 0 aromatic carbocycles. The second-order valence-corrected chi connectivity index (χ2v) is 4.56. The van der Waals surface area contributed by atoms with Gasteiger partial charge < -0.3 is 19.7 Å². The van der Waals surface area contributed by atoms with Crippen LogP contribution in [0.2, 0.25) is 0 Å². The zero-order chi connectivity index (χ0) is 15.2. The summed E-state index contributed by atoms with van der Waals surface area (Å²) in [6, 6.07) is 6.97. The van der Waals surface area contributed by atoms with Gasteiger partial charge in [-0.25, -0.2) is 4.98 Å². The summed E-state index contributed by atoms with van der Waals surface area (Å²) in [7, 11) is 1.84. The van der Waals surface area contributed by atoms with Crippen molar-refractivity contribution in [1.82, 2.24) is 14.9 Å². The van der Waals surface area contributed by atoms with E-state index in [2.05, 4.69) is 10.3 Å². The Morgan fingerprint density at radius 1 is 1.48 bits per heavy atom. The Balaban J connectivity index is 2.00. The minimum atomic E-state index is -0.763. The van der Waals surface area contributed by atoms with Gasteiger partial charge in [0.05, 0.1) is 6.61 Å². The third-order valence-electron chi connectivity index (χ3n) is 3.08. The van der Waals surface area contributed by atoms with Crippen LogP contribution in [0.3, 0.4) is 0 Å². The molecule has 0 aliphatic rings. The maximum atomic E-state index is 12.2. The fraction of sp³-hybridized carbons (Fsp3) is 0.333. The zero-order valence-electron chi connectivity index (χ0n) is 12.1. The molecule has 6 nitrogen and oxygen atoms in total. The number of aryl methyl sites for hydroxylation is 1. The lowest BCUT2D eigenvalue weighted by atomic mass is 10.2. The van der Waals surface area contributed by atoms with Gasteiger partial charge in [-0.2, -0.15) is 0 Å². The molecule has 6 heteroatoms. The number of rotatable bonds is 6. The number of hydrogen-bond acceptors (Lipinski definition) is 4. The summed E-state index contributed by atoms with van der Waals surface area (Å²) in [6.07, 6.45) is 2.65. The number of aromatic nitrogens is 2. The van der Waals surface area contributed by atoms with E-state index >= 15 is 0 Å². The van der Waals surface area contributed by atoms with Crippen LogP contribution >= 0.6 is 0 Å². The molecular formula is C15H19N3O3. The van der Waals surface area contributed by atoms with Crippen molar-refractivity contribution in [3.8, 4) is 5.88 Å². The van der Waals surface area contributed by atoms with Gasteiger partial charge in [0.1, 0.15) is 11.7 Å². The van der Waals surface area contributed by atoms with E-state index in [1.807, 2.05) is 36.9 Å². The highest BCUT2D eigenvalue weighted by atomic mass is 16.5. The molecular weight excluding hydrogens is 270 g/mol. The summed E-state index contributed by atoms with van der Waals surface area (Å²) in [4.78, 5) is 16.2. The first-order valence-corrected chi connectivity index (χ1v) is 6.78. The Hall–Kier alpha value is -2.34. The molecule has 2 aromatic heterocycles. The van der Waals surface area contributed by atoms with Gasteiger partial charge in [-0.15, -0.1) is 0 Å². The molecule has 2 heterocycles. The average molecular weight is 289 g/mol. The zero-order valence-corrected chi connectivity index (χ0v) is 12.1. The Morgan fingerprint density at radius 3 is 2.95 bits per heavy atom. The van der Waals surface area contributed by atoms with E-state index < -0.39 is 6.10 Å². The van der Waals surface area contributed by atoms with E-state index in [4.69, 9.17) is 4.74 Å². The van der Waals surface area contributed by atoms with Gasteiger partial charge in [-0.05, 0) is 31.2 Å². The fourth-order valence-electron chi connectivity index (χ4n) is 2.03. The van der Waals surface area contributed by atoms with Crippen molar-refractivity contribution in [3.05, 3.63) is 47.9 Å². The van der Waals surface area contributed by atoms with E-state index in [0.717, 1.165) is 5.69 Å². The molecule has 112 valence electrons. The first-order valence-electron chi connectivity index (χ1n) is 6.78. The monoisotopic (exact) mass is 289 g/mol. The Morgan fingerprint density at radius 2 is 2.29 bits per heavy atom. The smallest absolute Gasteiger partial charge is 0.256 e. The highest BCUT2D eigenvalue weighted by molar-refractivity contribution is 5.96. The molecule has 0 saturated carbocycles. The number of amides is 1. The van der Waals surface area contributed by atoms with Crippen LogP contribution in [-0.4, -0.2) is 33.7 Å². The highest BCUT2D eigenvalue weighted by Gasteiger charge is 2.16. The Labute approximate surface area is 123 Å².